The van der Waals surface area contributed by atoms with E-state index in [1.165, 1.54) is 48.1 Å². The number of sulfonamides is 1. The van der Waals surface area contributed by atoms with Crippen LogP contribution in [0.1, 0.15) is 52.7 Å². The first-order valence-corrected chi connectivity index (χ1v) is 15.9. The van der Waals surface area contributed by atoms with Crippen LogP contribution in [0, 0.1) is 12.7 Å². The van der Waals surface area contributed by atoms with E-state index in [4.69, 9.17) is 0 Å². The number of pyridine rings is 1. The first kappa shape index (κ1) is 35.2. The second-order valence-corrected chi connectivity index (χ2v) is 13.6. The molecule has 1 atom stereocenters. The Morgan fingerprint density at radius 2 is 1.67 bits per heavy atom. The fourth-order valence-electron chi connectivity index (χ4n) is 4.56. The molecule has 252 valence electrons. The zero-order valence-corrected chi connectivity index (χ0v) is 27.4. The highest BCUT2D eigenvalue weighted by atomic mass is 32.2. The summed E-state index contributed by atoms with van der Waals surface area (Å²) in [7, 11) is -2.76. The van der Waals surface area contributed by atoms with E-state index in [-0.39, 0.29) is 28.4 Å². The molecule has 14 nitrogen and oxygen atoms in total. The lowest BCUT2D eigenvalue weighted by atomic mass is 10.0. The number of nitrogens with one attached hydrogen (secondary N) is 3. The van der Waals surface area contributed by atoms with Crippen molar-refractivity contribution in [2.24, 2.45) is 7.05 Å². The number of carbonyl (C=O) groups is 3. The van der Waals surface area contributed by atoms with Crippen LogP contribution >= 0.6 is 0 Å². The first-order chi connectivity index (χ1) is 22.4. The van der Waals surface area contributed by atoms with E-state index >= 15 is 4.39 Å². The summed E-state index contributed by atoms with van der Waals surface area (Å²) in [4.78, 5) is 65.8. The molecule has 2 aromatic carbocycles. The molecule has 0 radical (unpaired) electrons. The third kappa shape index (κ3) is 8.19. The SMILES string of the molecule is Cc1cn(C)c(=O)n(-c2ccc(C[C@H](NC(=O)c3ccc(NS(=O)(=O)c4ccc(C(=O)NC(C)(C)C)nc4)cc3F)C(=O)O)cc2)c1=O. The molecule has 16 heteroatoms. The third-order valence-electron chi connectivity index (χ3n) is 6.89. The molecule has 2 amide bonds. The Balaban J connectivity index is 1.45. The van der Waals surface area contributed by atoms with Gasteiger partial charge in [0.25, 0.3) is 27.4 Å². The predicted molar refractivity (Wildman–Crippen MR) is 173 cm³/mol. The zero-order chi connectivity index (χ0) is 35.6. The quantitative estimate of drug-likeness (QED) is 0.194. The molecular formula is C32H33FN6O8S. The Morgan fingerprint density at radius 3 is 2.23 bits per heavy atom. The van der Waals surface area contributed by atoms with E-state index in [0.29, 0.717) is 11.1 Å². The van der Waals surface area contributed by atoms with Crippen molar-refractivity contribution in [3.05, 3.63) is 116 Å². The van der Waals surface area contributed by atoms with Gasteiger partial charge in [0.05, 0.1) is 16.9 Å². The molecule has 0 saturated heterocycles. The van der Waals surface area contributed by atoms with Crippen molar-refractivity contribution < 1.29 is 32.3 Å². The standard InChI is InChI=1S/C32H33FN6O8S/c1-18-17-38(5)31(45)39(29(18)42)21-9-6-19(7-10-21)14-26(30(43)44)35-27(40)23-12-8-20(15-24(23)33)37-48(46,47)22-11-13-25(34-16-22)28(41)36-32(2,3)4/h6-13,15-17,26,37H,14H2,1-5H3,(H,35,40)(H,36,41)(H,43,44)/t26-/m0/s1. The topological polar surface area (TPSA) is 199 Å². The summed E-state index contributed by atoms with van der Waals surface area (Å²) in [5.74, 6) is -4.09. The molecular weight excluding hydrogens is 647 g/mol. The van der Waals surface area contributed by atoms with E-state index in [1.807, 2.05) is 0 Å². The Bertz CT molecular complexity index is 2090. The number of nitrogens with zero attached hydrogens (tertiary/aromatic N) is 3. The van der Waals surface area contributed by atoms with Crippen molar-refractivity contribution in [2.45, 2.75) is 50.6 Å². The van der Waals surface area contributed by atoms with Crippen molar-refractivity contribution in [3.8, 4) is 5.69 Å². The molecule has 2 heterocycles. The van der Waals surface area contributed by atoms with Gasteiger partial charge in [-0.1, -0.05) is 12.1 Å². The van der Waals surface area contributed by atoms with Gasteiger partial charge in [0.15, 0.2) is 0 Å². The second kappa shape index (κ2) is 13.6. The van der Waals surface area contributed by atoms with Gasteiger partial charge in [-0.05, 0) is 75.7 Å². The van der Waals surface area contributed by atoms with Gasteiger partial charge >= 0.3 is 11.7 Å². The van der Waals surface area contributed by atoms with Crippen LogP contribution in [-0.2, 0) is 28.3 Å². The number of aliphatic carboxylic acids is 1. The monoisotopic (exact) mass is 680 g/mol. The van der Waals surface area contributed by atoms with Crippen molar-refractivity contribution in [1.29, 1.82) is 0 Å². The van der Waals surface area contributed by atoms with E-state index in [0.717, 1.165) is 35.0 Å². The molecule has 0 spiro atoms. The number of amides is 2. The number of carboxylic acids is 1. The highest BCUT2D eigenvalue weighted by molar-refractivity contribution is 7.92. The zero-order valence-electron chi connectivity index (χ0n) is 26.6. The molecule has 0 fully saturated rings. The van der Waals surface area contributed by atoms with Gasteiger partial charge in [-0.15, -0.1) is 0 Å². The Hall–Kier alpha value is -5.64. The molecule has 2 aromatic heterocycles. The maximum Gasteiger partial charge on any atom is 0.335 e. The second-order valence-electron chi connectivity index (χ2n) is 12.0. The molecule has 0 aliphatic carbocycles. The molecule has 4 rings (SSSR count). The molecule has 0 unspecified atom stereocenters. The number of anilines is 1. The van der Waals surface area contributed by atoms with E-state index < -0.39 is 62.0 Å². The van der Waals surface area contributed by atoms with Crippen LogP contribution in [0.25, 0.3) is 5.69 Å². The van der Waals surface area contributed by atoms with E-state index in [2.05, 4.69) is 20.3 Å². The summed E-state index contributed by atoms with van der Waals surface area (Å²) in [5.41, 5.74) is -1.33. The average molecular weight is 681 g/mol. The molecule has 48 heavy (non-hydrogen) atoms. The lowest BCUT2D eigenvalue weighted by Gasteiger charge is -2.20. The van der Waals surface area contributed by atoms with Gasteiger partial charge in [-0.2, -0.15) is 0 Å². The van der Waals surface area contributed by atoms with Crippen LogP contribution in [0.15, 0.2) is 81.5 Å². The van der Waals surface area contributed by atoms with Crippen molar-refractivity contribution >= 4 is 33.5 Å². The predicted octanol–water partition coefficient (Wildman–Crippen LogP) is 2.13. The third-order valence-corrected chi connectivity index (χ3v) is 8.26. The van der Waals surface area contributed by atoms with Crippen LogP contribution in [0.4, 0.5) is 10.1 Å². The summed E-state index contributed by atoms with van der Waals surface area (Å²) in [6.45, 7) is 6.89. The van der Waals surface area contributed by atoms with Crippen LogP contribution in [-0.4, -0.2) is 57.0 Å². The van der Waals surface area contributed by atoms with E-state index in [9.17, 15) is 37.5 Å². The number of carbonyl (C=O) groups excluding carboxylic acids is 2. The van der Waals surface area contributed by atoms with Gasteiger partial charge < -0.3 is 20.3 Å². The van der Waals surface area contributed by atoms with Crippen LogP contribution in [0.2, 0.25) is 0 Å². The number of halogens is 1. The number of rotatable bonds is 10. The van der Waals surface area contributed by atoms with Crippen LogP contribution in [0.3, 0.4) is 0 Å². The Kier molecular flexibility index (Phi) is 9.99. The minimum absolute atomic E-state index is 0.00634. The normalized spacial score (nSPS) is 12.2. The molecule has 0 bridgehead atoms. The maximum absolute atomic E-state index is 15.0. The van der Waals surface area contributed by atoms with Gasteiger partial charge in [0.2, 0.25) is 0 Å². The summed E-state index contributed by atoms with van der Waals surface area (Å²) in [6, 6.07) is 9.70. The van der Waals surface area contributed by atoms with Gasteiger partial charge in [0.1, 0.15) is 22.4 Å². The fourth-order valence-corrected chi connectivity index (χ4v) is 5.55. The largest absolute Gasteiger partial charge is 0.480 e. The summed E-state index contributed by atoms with van der Waals surface area (Å²) in [6.07, 6.45) is 2.17. The van der Waals surface area contributed by atoms with Gasteiger partial charge in [-0.3, -0.25) is 19.1 Å². The lowest BCUT2D eigenvalue weighted by Crippen LogP contribution is -2.42. The van der Waals surface area contributed by atoms with Crippen LogP contribution in [0.5, 0.6) is 0 Å². The minimum Gasteiger partial charge on any atom is -0.480 e. The Morgan fingerprint density at radius 1 is 1.00 bits per heavy atom. The number of aryl methyl sites for hydroxylation is 2. The van der Waals surface area contributed by atoms with Gasteiger partial charge in [-0.25, -0.2) is 31.9 Å². The Labute approximate surface area is 274 Å². The minimum atomic E-state index is -4.26. The maximum atomic E-state index is 15.0. The molecule has 0 aliphatic heterocycles. The molecule has 4 N–H and O–H groups in total. The highest BCUT2D eigenvalue weighted by Gasteiger charge is 2.24. The number of aromatic nitrogens is 3. The first-order valence-electron chi connectivity index (χ1n) is 14.4. The molecule has 0 saturated carbocycles. The van der Waals surface area contributed by atoms with Crippen molar-refractivity contribution in [3.63, 3.8) is 0 Å². The van der Waals surface area contributed by atoms with E-state index in [1.54, 1.807) is 27.7 Å². The fraction of sp³-hybridized carbons (Fsp3) is 0.250. The van der Waals surface area contributed by atoms with Gasteiger partial charge in [0, 0.05) is 37.0 Å². The van der Waals surface area contributed by atoms with Crippen molar-refractivity contribution in [2.75, 3.05) is 4.72 Å². The number of hydrogen-bond acceptors (Lipinski definition) is 8. The average Bonchev–Trinajstić information content (AvgIpc) is 2.99. The summed E-state index contributed by atoms with van der Waals surface area (Å²) in [5, 5.41) is 14.7. The van der Waals surface area contributed by atoms with Crippen LogP contribution < -0.4 is 26.6 Å². The molecule has 4 aromatic rings. The number of hydrogen-bond donors (Lipinski definition) is 4. The smallest absolute Gasteiger partial charge is 0.335 e. The summed E-state index contributed by atoms with van der Waals surface area (Å²) >= 11 is 0. The number of benzene rings is 2. The number of carboxylic acid groups (broad SMARTS) is 1. The van der Waals surface area contributed by atoms with Crippen molar-refractivity contribution in [1.82, 2.24) is 24.8 Å². The molecule has 0 aliphatic rings. The lowest BCUT2D eigenvalue weighted by molar-refractivity contribution is -0.139. The summed E-state index contributed by atoms with van der Waals surface area (Å²) < 4.78 is 45.1. The highest BCUT2D eigenvalue weighted by Crippen LogP contribution is 2.20.